The van der Waals surface area contributed by atoms with E-state index in [0.29, 0.717) is 12.8 Å². The zero-order chi connectivity index (χ0) is 44.3. The molecule has 0 saturated carbocycles. The second kappa shape index (κ2) is 36.4. The van der Waals surface area contributed by atoms with Gasteiger partial charge in [-0.1, -0.05) is 161 Å². The van der Waals surface area contributed by atoms with E-state index >= 15 is 0 Å². The van der Waals surface area contributed by atoms with Crippen LogP contribution in [0.25, 0.3) is 0 Å². The molecule has 0 rings (SSSR count). The van der Waals surface area contributed by atoms with E-state index in [2.05, 4.69) is 26.0 Å². The van der Waals surface area contributed by atoms with Crippen molar-refractivity contribution < 1.29 is 50.3 Å². The van der Waals surface area contributed by atoms with Crippen LogP contribution in [0.3, 0.4) is 0 Å². The highest BCUT2D eigenvalue weighted by atomic mass is 31.2. The number of phosphoric acid groups is 1. The third-order valence-corrected chi connectivity index (χ3v) is 10.3. The molecule has 0 radical (unpaired) electrons. The van der Waals surface area contributed by atoms with Gasteiger partial charge >= 0.3 is 11.9 Å². The molecule has 0 aromatic rings. The SMILES string of the molecule is [2H]C([2H])([2H])[N+](C)(CCOP(=O)([O-])OCC(COC(=O)CCCCCCCCCCCCCCCC)OC(=O)CCCCCCC/C=C/CCCCCCCC)C([2H])([2H])[2H]. The summed E-state index contributed by atoms with van der Waals surface area (Å²) in [6.45, 7) is -4.04. The van der Waals surface area contributed by atoms with E-state index < -0.39 is 70.7 Å². The average Bonchev–Trinajstić information content (AvgIpc) is 3.16. The Balaban J connectivity index is 4.74. The molecule has 9 nitrogen and oxygen atoms in total. The van der Waals surface area contributed by atoms with Crippen LogP contribution in [-0.2, 0) is 32.7 Å². The monoisotopic (exact) mass is 780 g/mol. The van der Waals surface area contributed by atoms with Gasteiger partial charge in [-0.15, -0.1) is 0 Å². The summed E-state index contributed by atoms with van der Waals surface area (Å²) in [5.41, 5.74) is 0. The first-order valence-corrected chi connectivity index (χ1v) is 22.9. The largest absolute Gasteiger partial charge is 0.756 e. The molecule has 314 valence electrons. The summed E-state index contributed by atoms with van der Waals surface area (Å²) in [5, 5.41) is 0. The summed E-state index contributed by atoms with van der Waals surface area (Å²) in [4.78, 5) is 37.8. The van der Waals surface area contributed by atoms with Crippen LogP contribution >= 0.6 is 7.82 Å². The maximum Gasteiger partial charge on any atom is 0.306 e. The summed E-state index contributed by atoms with van der Waals surface area (Å²) in [7, 11) is -4.12. The van der Waals surface area contributed by atoms with E-state index in [4.69, 9.17) is 26.7 Å². The molecule has 53 heavy (non-hydrogen) atoms. The second-order valence-electron chi connectivity index (χ2n) is 15.0. The first-order valence-electron chi connectivity index (χ1n) is 24.4. The fourth-order valence-electron chi connectivity index (χ4n) is 5.97. The molecular weight excluding hydrogens is 689 g/mol. The molecule has 0 N–H and O–H groups in total. The van der Waals surface area contributed by atoms with Crippen molar-refractivity contribution in [1.82, 2.24) is 0 Å². The maximum atomic E-state index is 12.7. The van der Waals surface area contributed by atoms with Crippen LogP contribution in [-0.4, -0.2) is 69.9 Å². The van der Waals surface area contributed by atoms with Crippen molar-refractivity contribution in [1.29, 1.82) is 0 Å². The number of rotatable bonds is 40. The fourth-order valence-corrected chi connectivity index (χ4v) is 6.70. The van der Waals surface area contributed by atoms with Crippen LogP contribution in [0.15, 0.2) is 12.2 Å². The summed E-state index contributed by atoms with van der Waals surface area (Å²) in [5.74, 6) is -1.07. The number of esters is 2. The number of nitrogens with zero attached hydrogens (tertiary/aromatic N) is 1. The Kier molecular flexibility index (Phi) is 28.4. The molecule has 2 unspecified atom stereocenters. The molecule has 0 aliphatic heterocycles. The summed E-state index contributed by atoms with van der Waals surface area (Å²) in [6.07, 6.45) is 34.8. The molecule has 0 heterocycles. The van der Waals surface area contributed by atoms with Crippen molar-refractivity contribution in [3.63, 3.8) is 0 Å². The minimum atomic E-state index is -5.09. The number of likely N-dealkylation sites (N-methyl/N-ethyl adjacent to an activating group) is 1. The van der Waals surface area contributed by atoms with Gasteiger partial charge in [-0.2, -0.15) is 0 Å². The average molecular weight is 780 g/mol. The Labute approximate surface area is 335 Å². The van der Waals surface area contributed by atoms with Crippen molar-refractivity contribution in [2.75, 3.05) is 47.4 Å². The Hall–Kier alpha value is -1.25. The predicted molar refractivity (Wildman–Crippen MR) is 218 cm³/mol. The van der Waals surface area contributed by atoms with E-state index in [1.807, 2.05) is 0 Å². The highest BCUT2D eigenvalue weighted by molar-refractivity contribution is 7.45. The normalized spacial score (nSPS) is 15.8. The van der Waals surface area contributed by atoms with E-state index in [-0.39, 0.29) is 12.8 Å². The van der Waals surface area contributed by atoms with Gasteiger partial charge in [-0.25, -0.2) is 0 Å². The third kappa shape index (κ3) is 40.2. The Morgan fingerprint density at radius 2 is 1.04 bits per heavy atom. The van der Waals surface area contributed by atoms with Gasteiger partial charge in [0, 0.05) is 12.8 Å². The Morgan fingerprint density at radius 3 is 1.49 bits per heavy atom. The van der Waals surface area contributed by atoms with E-state index in [9.17, 15) is 19.0 Å². The van der Waals surface area contributed by atoms with Crippen molar-refractivity contribution in [2.24, 2.45) is 0 Å². The number of hydrogen-bond acceptors (Lipinski definition) is 8. The quantitative estimate of drug-likeness (QED) is 0.0199. The minimum absolute atomic E-state index is 0.105. The highest BCUT2D eigenvalue weighted by Gasteiger charge is 2.21. The van der Waals surface area contributed by atoms with Crippen molar-refractivity contribution >= 4 is 19.8 Å². The lowest BCUT2D eigenvalue weighted by atomic mass is 10.0. The molecule has 0 fully saturated rings. The number of quaternary nitrogens is 1. The van der Waals surface area contributed by atoms with E-state index in [1.165, 1.54) is 103 Å². The van der Waals surface area contributed by atoms with Gasteiger partial charge in [0.2, 0.25) is 0 Å². The molecule has 10 heteroatoms. The van der Waals surface area contributed by atoms with Crippen LogP contribution in [0.5, 0.6) is 0 Å². The molecule has 0 aromatic heterocycles. The molecule has 0 aliphatic rings. The van der Waals surface area contributed by atoms with Crippen molar-refractivity contribution in [2.45, 2.75) is 206 Å². The van der Waals surface area contributed by atoms with Crippen LogP contribution in [0.2, 0.25) is 0 Å². The molecule has 0 aromatic carbocycles. The molecular formula is C43H84NO8P. The molecule has 0 saturated heterocycles. The van der Waals surface area contributed by atoms with Gasteiger partial charge in [-0.05, 0) is 38.5 Å². The predicted octanol–water partition coefficient (Wildman–Crippen LogP) is 11.6. The zero-order valence-corrected chi connectivity index (χ0v) is 35.1. The van der Waals surface area contributed by atoms with Gasteiger partial charge < -0.3 is 27.9 Å². The van der Waals surface area contributed by atoms with Crippen LogP contribution in [0.1, 0.15) is 208 Å². The Morgan fingerprint density at radius 1 is 0.623 bits per heavy atom. The number of carbonyl (C=O) groups is 2. The van der Waals surface area contributed by atoms with Crippen LogP contribution in [0, 0.1) is 0 Å². The third-order valence-electron chi connectivity index (χ3n) is 9.31. The number of phosphoric ester groups is 1. The van der Waals surface area contributed by atoms with Crippen LogP contribution < -0.4 is 4.89 Å². The number of allylic oxidation sites excluding steroid dienone is 2. The second-order valence-corrected chi connectivity index (χ2v) is 16.4. The van der Waals surface area contributed by atoms with Crippen molar-refractivity contribution in [3.05, 3.63) is 12.2 Å². The van der Waals surface area contributed by atoms with Gasteiger partial charge in [-0.3, -0.25) is 14.2 Å². The summed E-state index contributed by atoms with van der Waals surface area (Å²) < 4.78 is 77.6. The lowest BCUT2D eigenvalue weighted by Crippen LogP contribution is -2.37. The van der Waals surface area contributed by atoms with Gasteiger partial charge in [0.1, 0.15) is 19.8 Å². The minimum Gasteiger partial charge on any atom is -0.756 e. The Bertz CT molecular complexity index is 1110. The van der Waals surface area contributed by atoms with Gasteiger partial charge in [0.05, 0.1) is 35.8 Å². The first kappa shape index (κ1) is 41.4. The first-order chi connectivity index (χ1) is 28.0. The van der Waals surface area contributed by atoms with E-state index in [0.717, 1.165) is 64.8 Å². The molecule has 2 atom stereocenters. The fraction of sp³-hybridized carbons (Fsp3) is 0.907. The maximum absolute atomic E-state index is 12.7. The van der Waals surface area contributed by atoms with Crippen LogP contribution in [0.4, 0.5) is 0 Å². The molecule has 0 bridgehead atoms. The number of carbonyl (C=O) groups excluding carboxylic acids is 2. The lowest BCUT2D eigenvalue weighted by molar-refractivity contribution is -0.870. The summed E-state index contributed by atoms with van der Waals surface area (Å²) in [6, 6.07) is 0. The topological polar surface area (TPSA) is 111 Å². The number of hydrogen-bond donors (Lipinski definition) is 0. The van der Waals surface area contributed by atoms with Gasteiger partial charge in [0.25, 0.3) is 7.82 Å². The molecule has 0 spiro atoms. The van der Waals surface area contributed by atoms with Crippen molar-refractivity contribution in [3.8, 4) is 0 Å². The van der Waals surface area contributed by atoms with E-state index in [1.54, 1.807) is 0 Å². The summed E-state index contributed by atoms with van der Waals surface area (Å²) >= 11 is 0. The standard InChI is InChI=1S/C43H84NO8P/c1-6-8-10-12-14-16-18-20-22-24-26-28-30-32-34-36-43(46)52-41(40-51-53(47,48)50-38-37-44(3,4)5)39-49-42(45)35-33-31-29-27-25-23-21-19-17-15-13-11-9-7-2/h20,22,41H,6-19,21,23-40H2,1-5H3/b22-20+/i3D3,4D3. The smallest absolute Gasteiger partial charge is 0.306 e. The highest BCUT2D eigenvalue weighted by Crippen LogP contribution is 2.38. The number of ether oxygens (including phenoxy) is 2. The molecule has 0 aliphatic carbocycles. The van der Waals surface area contributed by atoms with Gasteiger partial charge in [0.15, 0.2) is 6.10 Å². The lowest BCUT2D eigenvalue weighted by Gasteiger charge is -2.28. The number of unbranched alkanes of at least 4 members (excludes halogenated alkanes) is 24. The zero-order valence-electron chi connectivity index (χ0n) is 40.2. The molecule has 0 amide bonds.